The standard InChI is InChI=1S/C15H14N2O6S2/c1-7(18)23-5-8-6-25-14-10(13(20)17(14)11(8)15(21)22)16-12(19)9-3-2-4-24-9/h2-4,10,14H,5-6H2,1H3,(H,16,19)(H,21,22)/t10-,14-/m1/s1. The summed E-state index contributed by atoms with van der Waals surface area (Å²) in [6.07, 6.45) is 0. The second-order valence-electron chi connectivity index (χ2n) is 5.38. The number of esters is 1. The van der Waals surface area contributed by atoms with Gasteiger partial charge in [-0.15, -0.1) is 23.1 Å². The van der Waals surface area contributed by atoms with Crippen molar-refractivity contribution in [2.45, 2.75) is 18.3 Å². The van der Waals surface area contributed by atoms with Crippen molar-refractivity contribution in [3.05, 3.63) is 33.7 Å². The molecule has 1 aromatic heterocycles. The van der Waals surface area contributed by atoms with Gasteiger partial charge in [-0.05, 0) is 11.4 Å². The molecule has 0 saturated carbocycles. The van der Waals surface area contributed by atoms with Crippen LogP contribution in [0.25, 0.3) is 0 Å². The number of hydrogen-bond acceptors (Lipinski definition) is 7. The first-order valence-electron chi connectivity index (χ1n) is 7.28. The quantitative estimate of drug-likeness (QED) is 0.568. The Kier molecular flexibility index (Phi) is 4.82. The summed E-state index contributed by atoms with van der Waals surface area (Å²) in [5, 5.41) is 13.4. The van der Waals surface area contributed by atoms with Crippen molar-refractivity contribution in [1.82, 2.24) is 10.2 Å². The van der Waals surface area contributed by atoms with E-state index in [1.54, 1.807) is 17.5 Å². The maximum absolute atomic E-state index is 12.4. The maximum atomic E-state index is 12.4. The van der Waals surface area contributed by atoms with Crippen LogP contribution < -0.4 is 5.32 Å². The summed E-state index contributed by atoms with van der Waals surface area (Å²) in [7, 11) is 0. The lowest BCUT2D eigenvalue weighted by Crippen LogP contribution is -2.70. The van der Waals surface area contributed by atoms with Gasteiger partial charge in [0.15, 0.2) is 0 Å². The monoisotopic (exact) mass is 382 g/mol. The van der Waals surface area contributed by atoms with Crippen LogP contribution in [-0.4, -0.2) is 57.5 Å². The Morgan fingerprint density at radius 3 is 2.80 bits per heavy atom. The number of fused-ring (bicyclic) bond motifs is 1. The highest BCUT2D eigenvalue weighted by molar-refractivity contribution is 8.00. The van der Waals surface area contributed by atoms with Crippen molar-refractivity contribution in [3.8, 4) is 0 Å². The SMILES string of the molecule is CC(=O)OCC1=C(C(=O)O)N2C(=O)[C@@H](NC(=O)c3cccs3)[C@H]2SC1. The van der Waals surface area contributed by atoms with Gasteiger partial charge >= 0.3 is 11.9 Å². The Morgan fingerprint density at radius 2 is 2.20 bits per heavy atom. The van der Waals surface area contributed by atoms with E-state index < -0.39 is 29.3 Å². The first kappa shape index (κ1) is 17.5. The number of carbonyl (C=O) groups is 4. The zero-order valence-electron chi connectivity index (χ0n) is 13.1. The van der Waals surface area contributed by atoms with Gasteiger partial charge in [-0.25, -0.2) is 4.79 Å². The average Bonchev–Trinajstić information content (AvgIpc) is 3.11. The van der Waals surface area contributed by atoms with Crippen LogP contribution in [-0.2, 0) is 19.1 Å². The van der Waals surface area contributed by atoms with E-state index >= 15 is 0 Å². The molecule has 1 saturated heterocycles. The smallest absolute Gasteiger partial charge is 0.352 e. The molecule has 0 aromatic carbocycles. The number of nitrogens with zero attached hydrogens (tertiary/aromatic N) is 1. The summed E-state index contributed by atoms with van der Waals surface area (Å²) < 4.78 is 4.87. The summed E-state index contributed by atoms with van der Waals surface area (Å²) in [6.45, 7) is 1.05. The lowest BCUT2D eigenvalue weighted by Gasteiger charge is -2.49. The molecule has 0 radical (unpaired) electrons. The first-order valence-corrected chi connectivity index (χ1v) is 9.20. The van der Waals surface area contributed by atoms with E-state index in [0.717, 1.165) is 4.90 Å². The van der Waals surface area contributed by atoms with Crippen LogP contribution in [0.3, 0.4) is 0 Å². The molecule has 2 N–H and O–H groups in total. The van der Waals surface area contributed by atoms with Crippen LogP contribution in [0.5, 0.6) is 0 Å². The molecule has 0 spiro atoms. The highest BCUT2D eigenvalue weighted by atomic mass is 32.2. The van der Waals surface area contributed by atoms with Crippen LogP contribution >= 0.6 is 23.1 Å². The second kappa shape index (κ2) is 6.89. The lowest BCUT2D eigenvalue weighted by atomic mass is 10.0. The van der Waals surface area contributed by atoms with Gasteiger partial charge in [0.25, 0.3) is 11.8 Å². The molecule has 2 aliphatic heterocycles. The Morgan fingerprint density at radius 1 is 1.44 bits per heavy atom. The normalized spacial score (nSPS) is 22.1. The van der Waals surface area contributed by atoms with E-state index in [1.807, 2.05) is 0 Å². The number of rotatable bonds is 5. The lowest BCUT2D eigenvalue weighted by molar-refractivity contribution is -0.149. The maximum Gasteiger partial charge on any atom is 0.352 e. The number of carboxylic acid groups (broad SMARTS) is 1. The van der Waals surface area contributed by atoms with Crippen LogP contribution in [0.15, 0.2) is 28.8 Å². The molecule has 0 unspecified atom stereocenters. The van der Waals surface area contributed by atoms with Crippen molar-refractivity contribution in [3.63, 3.8) is 0 Å². The number of aliphatic carboxylic acids is 1. The van der Waals surface area contributed by atoms with Crippen LogP contribution in [0, 0.1) is 0 Å². The van der Waals surface area contributed by atoms with Gasteiger partial charge in [0, 0.05) is 18.2 Å². The highest BCUT2D eigenvalue weighted by Gasteiger charge is 2.54. The number of carbonyl (C=O) groups excluding carboxylic acids is 3. The molecular weight excluding hydrogens is 368 g/mol. The number of carboxylic acids is 1. The first-order chi connectivity index (χ1) is 11.9. The minimum absolute atomic E-state index is 0.170. The minimum atomic E-state index is -1.26. The van der Waals surface area contributed by atoms with Gasteiger partial charge in [-0.2, -0.15) is 0 Å². The van der Waals surface area contributed by atoms with E-state index in [-0.39, 0.29) is 18.2 Å². The number of β-lactam (4-membered cyclic amide) rings is 1. The largest absolute Gasteiger partial charge is 0.477 e. The van der Waals surface area contributed by atoms with E-state index in [4.69, 9.17) is 4.74 Å². The fourth-order valence-corrected chi connectivity index (χ4v) is 4.56. The van der Waals surface area contributed by atoms with E-state index in [1.165, 1.54) is 30.0 Å². The molecule has 3 rings (SSSR count). The van der Waals surface area contributed by atoms with Crippen molar-refractivity contribution in [1.29, 1.82) is 0 Å². The number of thiophene rings is 1. The van der Waals surface area contributed by atoms with Crippen LogP contribution in [0.1, 0.15) is 16.6 Å². The third-order valence-corrected chi connectivity index (χ3v) is 5.94. The molecule has 2 amide bonds. The fraction of sp³-hybridized carbons (Fsp3) is 0.333. The summed E-state index contributed by atoms with van der Waals surface area (Å²) in [5.41, 5.74) is 0.192. The third kappa shape index (κ3) is 3.27. The zero-order chi connectivity index (χ0) is 18.1. The van der Waals surface area contributed by atoms with Gasteiger partial charge in [0.2, 0.25) is 0 Å². The van der Waals surface area contributed by atoms with E-state index in [9.17, 15) is 24.3 Å². The van der Waals surface area contributed by atoms with Crippen molar-refractivity contribution >= 4 is 46.9 Å². The van der Waals surface area contributed by atoms with Gasteiger partial charge in [0.05, 0.1) is 4.88 Å². The molecule has 8 nitrogen and oxygen atoms in total. The van der Waals surface area contributed by atoms with Crippen molar-refractivity contribution in [2.75, 3.05) is 12.4 Å². The van der Waals surface area contributed by atoms with Gasteiger partial charge in [-0.3, -0.25) is 19.3 Å². The highest BCUT2D eigenvalue weighted by Crippen LogP contribution is 2.40. The Bertz CT molecular complexity index is 773. The van der Waals surface area contributed by atoms with Gasteiger partial charge < -0.3 is 15.2 Å². The molecule has 132 valence electrons. The minimum Gasteiger partial charge on any atom is -0.477 e. The van der Waals surface area contributed by atoms with E-state index in [2.05, 4.69) is 5.32 Å². The van der Waals surface area contributed by atoms with E-state index in [0.29, 0.717) is 16.2 Å². The van der Waals surface area contributed by atoms with Crippen LogP contribution in [0.4, 0.5) is 0 Å². The Labute approximate surface area is 150 Å². The van der Waals surface area contributed by atoms with Crippen molar-refractivity contribution in [2.24, 2.45) is 0 Å². The predicted octanol–water partition coefficient (Wildman–Crippen LogP) is 0.663. The molecule has 0 aliphatic carbocycles. The summed E-state index contributed by atoms with van der Waals surface area (Å²) in [5.74, 6) is -2.33. The molecule has 1 fully saturated rings. The molecule has 3 heterocycles. The van der Waals surface area contributed by atoms with Crippen LogP contribution in [0.2, 0.25) is 0 Å². The molecule has 10 heteroatoms. The molecule has 25 heavy (non-hydrogen) atoms. The van der Waals surface area contributed by atoms with Crippen molar-refractivity contribution < 1.29 is 29.0 Å². The number of ether oxygens (including phenoxy) is 1. The summed E-state index contributed by atoms with van der Waals surface area (Å²) in [4.78, 5) is 48.7. The van der Waals surface area contributed by atoms with Gasteiger partial charge in [0.1, 0.15) is 23.7 Å². The zero-order valence-corrected chi connectivity index (χ0v) is 14.7. The second-order valence-corrected chi connectivity index (χ2v) is 7.43. The van der Waals surface area contributed by atoms with Gasteiger partial charge in [-0.1, -0.05) is 6.07 Å². The molecule has 0 bridgehead atoms. The number of amides is 2. The average molecular weight is 382 g/mol. The molecule has 2 aliphatic rings. The predicted molar refractivity (Wildman–Crippen MR) is 90.0 cm³/mol. The molecular formula is C15H14N2O6S2. The third-order valence-electron chi connectivity index (χ3n) is 3.73. The molecule has 2 atom stereocenters. The number of nitrogens with one attached hydrogen (secondary N) is 1. The summed E-state index contributed by atoms with van der Waals surface area (Å²) in [6, 6.07) is 2.61. The fourth-order valence-electron chi connectivity index (χ4n) is 2.60. The Balaban J connectivity index is 1.76. The Hall–Kier alpha value is -2.33. The summed E-state index contributed by atoms with van der Waals surface area (Å²) >= 11 is 2.58. The number of hydrogen-bond donors (Lipinski definition) is 2. The molecule has 1 aromatic rings. The number of thioether (sulfide) groups is 1. The topological polar surface area (TPSA) is 113 Å².